The number of nitrogen functional groups attached to an aromatic ring is 1. The average molecular weight is 308 g/mol. The van der Waals surface area contributed by atoms with E-state index in [9.17, 15) is 0 Å². The van der Waals surface area contributed by atoms with E-state index in [1.54, 1.807) is 0 Å². The fraction of sp³-hybridized carbons (Fsp3) is 0.357. The molecule has 0 spiro atoms. The van der Waals surface area contributed by atoms with Crippen LogP contribution in [0.3, 0.4) is 0 Å². The third kappa shape index (κ3) is 3.13. The van der Waals surface area contributed by atoms with Crippen LogP contribution in [0, 0.1) is 5.92 Å². The molecule has 0 aliphatic carbocycles. The minimum atomic E-state index is 0.671. The lowest BCUT2D eigenvalue weighted by Crippen LogP contribution is -2.02. The third-order valence-electron chi connectivity index (χ3n) is 2.82. The van der Waals surface area contributed by atoms with Gasteiger partial charge in [0, 0.05) is 22.8 Å². The highest BCUT2D eigenvalue weighted by Gasteiger charge is 2.09. The van der Waals surface area contributed by atoms with E-state index < -0.39 is 0 Å². The van der Waals surface area contributed by atoms with Crippen LogP contribution in [0.15, 0.2) is 34.9 Å². The Kier molecular flexibility index (Phi) is 4.07. The molecule has 0 saturated carbocycles. The Morgan fingerprint density at radius 1 is 1.39 bits per heavy atom. The second kappa shape index (κ2) is 5.57. The molecule has 0 saturated heterocycles. The number of nitrogens with two attached hydrogens (primary N) is 1. The molecule has 4 heteroatoms. The lowest BCUT2D eigenvalue weighted by Gasteiger charge is -2.04. The minimum Gasteiger partial charge on any atom is -0.396 e. The van der Waals surface area contributed by atoms with Gasteiger partial charge in [-0.25, -0.2) is 0 Å². The van der Waals surface area contributed by atoms with Crippen LogP contribution in [0.1, 0.15) is 20.3 Å². The summed E-state index contributed by atoms with van der Waals surface area (Å²) in [7, 11) is 0. The molecular formula is C14H18BrN3. The summed E-state index contributed by atoms with van der Waals surface area (Å²) in [5.41, 5.74) is 8.67. The van der Waals surface area contributed by atoms with Crippen LogP contribution in [0.5, 0.6) is 0 Å². The molecule has 0 aliphatic rings. The van der Waals surface area contributed by atoms with E-state index in [2.05, 4.69) is 34.9 Å². The maximum atomic E-state index is 6.03. The highest BCUT2D eigenvalue weighted by Crippen LogP contribution is 2.26. The van der Waals surface area contributed by atoms with E-state index in [-0.39, 0.29) is 0 Å². The highest BCUT2D eigenvalue weighted by molar-refractivity contribution is 9.10. The smallest absolute Gasteiger partial charge is 0.115 e. The molecule has 18 heavy (non-hydrogen) atoms. The number of hydrogen-bond donors (Lipinski definition) is 1. The van der Waals surface area contributed by atoms with Gasteiger partial charge in [-0.2, -0.15) is 5.10 Å². The molecule has 2 N–H and O–H groups in total. The van der Waals surface area contributed by atoms with Crippen molar-refractivity contribution in [3.63, 3.8) is 0 Å². The molecule has 0 atom stereocenters. The van der Waals surface area contributed by atoms with Crippen LogP contribution in [0.25, 0.3) is 11.3 Å². The molecule has 0 bridgehead atoms. The quantitative estimate of drug-likeness (QED) is 0.929. The second-order valence-electron chi connectivity index (χ2n) is 4.89. The van der Waals surface area contributed by atoms with Gasteiger partial charge < -0.3 is 5.73 Å². The number of aromatic nitrogens is 2. The number of benzene rings is 1. The van der Waals surface area contributed by atoms with Crippen molar-refractivity contribution in [3.8, 4) is 11.3 Å². The molecule has 3 nitrogen and oxygen atoms in total. The number of halogens is 1. The SMILES string of the molecule is CC(C)CCn1cc(N)c(-c2cccc(Br)c2)n1. The Balaban J connectivity index is 2.24. The lowest BCUT2D eigenvalue weighted by molar-refractivity contribution is 0.488. The molecule has 0 unspecified atom stereocenters. The molecular weight excluding hydrogens is 290 g/mol. The Morgan fingerprint density at radius 2 is 2.17 bits per heavy atom. The van der Waals surface area contributed by atoms with E-state index in [0.29, 0.717) is 5.92 Å². The summed E-state index contributed by atoms with van der Waals surface area (Å²) in [6, 6.07) is 8.04. The first-order valence-corrected chi connectivity index (χ1v) is 6.94. The molecule has 0 radical (unpaired) electrons. The summed E-state index contributed by atoms with van der Waals surface area (Å²) in [6.07, 6.45) is 3.03. The fourth-order valence-electron chi connectivity index (χ4n) is 1.80. The van der Waals surface area contributed by atoms with Gasteiger partial charge >= 0.3 is 0 Å². The maximum Gasteiger partial charge on any atom is 0.115 e. The number of nitrogens with zero attached hydrogens (tertiary/aromatic N) is 2. The van der Waals surface area contributed by atoms with Crippen molar-refractivity contribution < 1.29 is 0 Å². The van der Waals surface area contributed by atoms with Gasteiger partial charge in [-0.1, -0.05) is 41.9 Å². The molecule has 0 amide bonds. The zero-order chi connectivity index (χ0) is 13.1. The van der Waals surface area contributed by atoms with Crippen LogP contribution >= 0.6 is 15.9 Å². The van der Waals surface area contributed by atoms with Gasteiger partial charge in [-0.15, -0.1) is 0 Å². The standard InChI is InChI=1S/C14H18BrN3/c1-10(2)6-7-18-9-13(16)14(17-18)11-4-3-5-12(15)8-11/h3-5,8-10H,6-7,16H2,1-2H3. The van der Waals surface area contributed by atoms with Crippen LogP contribution in [-0.2, 0) is 6.54 Å². The van der Waals surface area contributed by atoms with Crippen LogP contribution in [0.2, 0.25) is 0 Å². The summed E-state index contributed by atoms with van der Waals surface area (Å²) in [5, 5.41) is 4.56. The Hall–Kier alpha value is -1.29. The molecule has 0 aliphatic heterocycles. The predicted octanol–water partition coefficient (Wildman–Crippen LogP) is 3.94. The summed E-state index contributed by atoms with van der Waals surface area (Å²) >= 11 is 3.47. The van der Waals surface area contributed by atoms with Crippen molar-refractivity contribution in [3.05, 3.63) is 34.9 Å². The zero-order valence-electron chi connectivity index (χ0n) is 10.7. The van der Waals surface area contributed by atoms with Crippen LogP contribution < -0.4 is 5.73 Å². The predicted molar refractivity (Wildman–Crippen MR) is 79.2 cm³/mol. The number of rotatable bonds is 4. The van der Waals surface area contributed by atoms with E-state index in [1.807, 2.05) is 35.1 Å². The first-order valence-electron chi connectivity index (χ1n) is 6.15. The summed E-state index contributed by atoms with van der Waals surface area (Å²) < 4.78 is 2.97. The van der Waals surface area contributed by atoms with Crippen molar-refractivity contribution in [1.82, 2.24) is 9.78 Å². The summed E-state index contributed by atoms with van der Waals surface area (Å²) in [5.74, 6) is 0.671. The van der Waals surface area contributed by atoms with Crippen molar-refractivity contribution in [2.45, 2.75) is 26.8 Å². The number of aryl methyl sites for hydroxylation is 1. The monoisotopic (exact) mass is 307 g/mol. The number of hydrogen-bond acceptors (Lipinski definition) is 2. The Morgan fingerprint density at radius 3 is 2.83 bits per heavy atom. The molecule has 1 aromatic carbocycles. The van der Waals surface area contributed by atoms with Gasteiger partial charge in [0.15, 0.2) is 0 Å². The van der Waals surface area contributed by atoms with E-state index in [4.69, 9.17) is 5.73 Å². The van der Waals surface area contributed by atoms with Gasteiger partial charge in [0.2, 0.25) is 0 Å². The van der Waals surface area contributed by atoms with Gasteiger partial charge in [-0.05, 0) is 24.5 Å². The van der Waals surface area contributed by atoms with Gasteiger partial charge in [-0.3, -0.25) is 4.68 Å². The zero-order valence-corrected chi connectivity index (χ0v) is 12.3. The van der Waals surface area contributed by atoms with Gasteiger partial charge in [0.25, 0.3) is 0 Å². The van der Waals surface area contributed by atoms with E-state index in [0.717, 1.165) is 34.4 Å². The first-order chi connectivity index (χ1) is 8.56. The van der Waals surface area contributed by atoms with Crippen molar-refractivity contribution in [2.24, 2.45) is 5.92 Å². The minimum absolute atomic E-state index is 0.671. The molecule has 2 aromatic rings. The second-order valence-corrected chi connectivity index (χ2v) is 5.80. The van der Waals surface area contributed by atoms with Crippen LogP contribution in [0.4, 0.5) is 5.69 Å². The fourth-order valence-corrected chi connectivity index (χ4v) is 2.20. The highest BCUT2D eigenvalue weighted by atomic mass is 79.9. The maximum absolute atomic E-state index is 6.03. The molecule has 1 heterocycles. The molecule has 1 aromatic heterocycles. The molecule has 96 valence electrons. The average Bonchev–Trinajstić information content (AvgIpc) is 2.68. The van der Waals surface area contributed by atoms with Crippen molar-refractivity contribution in [1.29, 1.82) is 0 Å². The summed E-state index contributed by atoms with van der Waals surface area (Å²) in [4.78, 5) is 0. The van der Waals surface area contributed by atoms with Crippen molar-refractivity contribution >= 4 is 21.6 Å². The lowest BCUT2D eigenvalue weighted by atomic mass is 10.1. The van der Waals surface area contributed by atoms with Gasteiger partial charge in [0.05, 0.1) is 5.69 Å². The van der Waals surface area contributed by atoms with Gasteiger partial charge in [0.1, 0.15) is 5.69 Å². The van der Waals surface area contributed by atoms with Crippen molar-refractivity contribution in [2.75, 3.05) is 5.73 Å². The number of anilines is 1. The first kappa shape index (κ1) is 13.1. The van der Waals surface area contributed by atoms with E-state index in [1.165, 1.54) is 0 Å². The molecule has 0 fully saturated rings. The Bertz CT molecular complexity index is 532. The van der Waals surface area contributed by atoms with Crippen LogP contribution in [-0.4, -0.2) is 9.78 Å². The molecule has 2 rings (SSSR count). The summed E-state index contributed by atoms with van der Waals surface area (Å²) in [6.45, 7) is 5.33. The Labute approximate surface area is 116 Å². The van der Waals surface area contributed by atoms with E-state index >= 15 is 0 Å². The largest absolute Gasteiger partial charge is 0.396 e. The normalized spacial score (nSPS) is 11.1. The topological polar surface area (TPSA) is 43.8 Å². The third-order valence-corrected chi connectivity index (χ3v) is 3.32.